The van der Waals surface area contributed by atoms with Crippen LogP contribution >= 0.6 is 0 Å². The second-order valence-electron chi connectivity index (χ2n) is 8.21. The summed E-state index contributed by atoms with van der Waals surface area (Å²) >= 11 is 0. The summed E-state index contributed by atoms with van der Waals surface area (Å²) in [7, 11) is 0. The van der Waals surface area contributed by atoms with Gasteiger partial charge in [-0.3, -0.25) is 9.59 Å². The molecule has 1 N–H and O–H groups in total. The van der Waals surface area contributed by atoms with E-state index in [4.69, 9.17) is 4.74 Å². The van der Waals surface area contributed by atoms with Crippen molar-refractivity contribution in [3.63, 3.8) is 0 Å². The molecule has 0 aliphatic carbocycles. The van der Waals surface area contributed by atoms with Crippen LogP contribution in [0.2, 0.25) is 0 Å². The highest BCUT2D eigenvalue weighted by Crippen LogP contribution is 2.19. The van der Waals surface area contributed by atoms with Crippen LogP contribution in [-0.2, 0) is 6.61 Å². The van der Waals surface area contributed by atoms with Gasteiger partial charge in [0.05, 0.1) is 0 Å². The van der Waals surface area contributed by atoms with Crippen LogP contribution in [0.3, 0.4) is 0 Å². The Labute approximate surface area is 189 Å². The molecule has 2 amide bonds. The van der Waals surface area contributed by atoms with Gasteiger partial charge in [0.1, 0.15) is 12.4 Å². The lowest BCUT2D eigenvalue weighted by molar-refractivity contribution is 0.0697. The van der Waals surface area contributed by atoms with Gasteiger partial charge in [-0.2, -0.15) is 0 Å². The van der Waals surface area contributed by atoms with E-state index >= 15 is 0 Å². The summed E-state index contributed by atoms with van der Waals surface area (Å²) in [6.07, 6.45) is 1.49. The highest BCUT2D eigenvalue weighted by molar-refractivity contribution is 5.95. The lowest BCUT2D eigenvalue weighted by Crippen LogP contribution is -2.46. The normalized spacial score (nSPS) is 14.1. The summed E-state index contributed by atoms with van der Waals surface area (Å²) in [4.78, 5) is 27.2. The van der Waals surface area contributed by atoms with Gasteiger partial charge in [-0.1, -0.05) is 54.1 Å². The zero-order chi connectivity index (χ0) is 22.3. The standard InChI is InChI=1S/C27H28N2O3/c1-20-7-5-8-21(17-20)19-32-25-12-6-11-23(18-25)27(31)29-15-13-24(14-16-29)28-26(30)22-9-3-2-4-10-22/h2-12,17-18,24H,13-16,19H2,1H3,(H,28,30). The van der Waals surface area contributed by atoms with Crippen LogP contribution in [0.15, 0.2) is 78.9 Å². The largest absolute Gasteiger partial charge is 0.489 e. The molecule has 5 heteroatoms. The van der Waals surface area contributed by atoms with Crippen LogP contribution in [0.4, 0.5) is 0 Å². The topological polar surface area (TPSA) is 58.6 Å². The van der Waals surface area contributed by atoms with Gasteiger partial charge in [0.2, 0.25) is 0 Å². The second-order valence-corrected chi connectivity index (χ2v) is 8.21. The third-order valence-corrected chi connectivity index (χ3v) is 5.72. The first-order valence-corrected chi connectivity index (χ1v) is 11.0. The van der Waals surface area contributed by atoms with E-state index in [2.05, 4.69) is 24.4 Å². The van der Waals surface area contributed by atoms with E-state index in [0.717, 1.165) is 18.4 Å². The molecule has 0 atom stereocenters. The van der Waals surface area contributed by atoms with Crippen molar-refractivity contribution in [2.75, 3.05) is 13.1 Å². The van der Waals surface area contributed by atoms with E-state index in [1.54, 1.807) is 6.07 Å². The number of nitrogens with one attached hydrogen (secondary N) is 1. The van der Waals surface area contributed by atoms with Gasteiger partial charge >= 0.3 is 0 Å². The third-order valence-electron chi connectivity index (χ3n) is 5.72. The number of hydrogen-bond acceptors (Lipinski definition) is 3. The van der Waals surface area contributed by atoms with E-state index in [1.165, 1.54) is 5.56 Å². The maximum atomic E-state index is 13.0. The summed E-state index contributed by atoms with van der Waals surface area (Å²) in [6, 6.07) is 24.8. The molecule has 0 radical (unpaired) electrons. The van der Waals surface area contributed by atoms with Gasteiger partial charge in [-0.25, -0.2) is 0 Å². The maximum Gasteiger partial charge on any atom is 0.253 e. The Hall–Kier alpha value is -3.60. The van der Waals surface area contributed by atoms with Crippen LogP contribution in [-0.4, -0.2) is 35.8 Å². The van der Waals surface area contributed by atoms with Crippen molar-refractivity contribution in [3.8, 4) is 5.75 Å². The highest BCUT2D eigenvalue weighted by atomic mass is 16.5. The second kappa shape index (κ2) is 10.1. The Morgan fingerprint density at radius 1 is 0.906 bits per heavy atom. The van der Waals surface area contributed by atoms with Crippen LogP contribution in [0.1, 0.15) is 44.7 Å². The van der Waals surface area contributed by atoms with Crippen molar-refractivity contribution in [1.29, 1.82) is 0 Å². The molecule has 0 saturated carbocycles. The molecule has 1 heterocycles. The average Bonchev–Trinajstić information content (AvgIpc) is 2.83. The summed E-state index contributed by atoms with van der Waals surface area (Å²) in [5.74, 6) is 0.620. The first-order valence-electron chi connectivity index (χ1n) is 11.0. The summed E-state index contributed by atoms with van der Waals surface area (Å²) in [6.45, 7) is 3.75. The number of nitrogens with zero attached hydrogens (tertiary/aromatic N) is 1. The van der Waals surface area contributed by atoms with Crippen molar-refractivity contribution >= 4 is 11.8 Å². The number of ether oxygens (including phenoxy) is 1. The fraction of sp³-hybridized carbons (Fsp3) is 0.259. The van der Waals surface area contributed by atoms with E-state index in [-0.39, 0.29) is 17.9 Å². The van der Waals surface area contributed by atoms with Crippen molar-refractivity contribution < 1.29 is 14.3 Å². The molecular weight excluding hydrogens is 400 g/mol. The number of carbonyl (C=O) groups is 2. The zero-order valence-electron chi connectivity index (χ0n) is 18.3. The molecule has 164 valence electrons. The predicted octanol–water partition coefficient (Wildman–Crippen LogP) is 4.61. The lowest BCUT2D eigenvalue weighted by atomic mass is 10.0. The minimum absolute atomic E-state index is 0.00107. The molecule has 0 spiro atoms. The SMILES string of the molecule is Cc1cccc(COc2cccc(C(=O)N3CCC(NC(=O)c4ccccc4)CC3)c2)c1. The quantitative estimate of drug-likeness (QED) is 0.624. The minimum atomic E-state index is -0.0613. The van der Waals surface area contributed by atoms with Gasteiger partial charge in [-0.15, -0.1) is 0 Å². The maximum absolute atomic E-state index is 13.0. The molecule has 0 unspecified atom stereocenters. The van der Waals surface area contributed by atoms with E-state index in [9.17, 15) is 9.59 Å². The van der Waals surface area contributed by atoms with E-state index < -0.39 is 0 Å². The molecule has 4 rings (SSSR count). The molecule has 1 saturated heterocycles. The highest BCUT2D eigenvalue weighted by Gasteiger charge is 2.25. The summed E-state index contributed by atoms with van der Waals surface area (Å²) in [5, 5.41) is 3.08. The Morgan fingerprint density at radius 2 is 1.62 bits per heavy atom. The first kappa shape index (κ1) is 21.6. The number of amides is 2. The molecular formula is C27H28N2O3. The minimum Gasteiger partial charge on any atom is -0.489 e. The van der Waals surface area contributed by atoms with Crippen molar-refractivity contribution in [3.05, 3.63) is 101 Å². The number of aryl methyl sites for hydroxylation is 1. The molecule has 32 heavy (non-hydrogen) atoms. The van der Waals surface area contributed by atoms with Crippen molar-refractivity contribution in [2.45, 2.75) is 32.4 Å². The summed E-state index contributed by atoms with van der Waals surface area (Å²) in [5.41, 5.74) is 3.58. The van der Waals surface area contributed by atoms with Crippen molar-refractivity contribution in [1.82, 2.24) is 10.2 Å². The van der Waals surface area contributed by atoms with E-state index in [0.29, 0.717) is 36.6 Å². The fourth-order valence-electron chi connectivity index (χ4n) is 3.96. The molecule has 0 bridgehead atoms. The average molecular weight is 429 g/mol. The Balaban J connectivity index is 1.30. The van der Waals surface area contributed by atoms with Gasteiger partial charge in [0.25, 0.3) is 11.8 Å². The molecule has 1 aliphatic heterocycles. The van der Waals surface area contributed by atoms with Gasteiger partial charge < -0.3 is 15.0 Å². The molecule has 5 nitrogen and oxygen atoms in total. The Bertz CT molecular complexity index is 1070. The number of piperidine rings is 1. The molecule has 3 aromatic rings. The lowest BCUT2D eigenvalue weighted by Gasteiger charge is -2.32. The third kappa shape index (κ3) is 5.55. The zero-order valence-corrected chi connectivity index (χ0v) is 18.3. The van der Waals surface area contributed by atoms with Gasteiger partial charge in [-0.05, 0) is 55.7 Å². The molecule has 1 aliphatic rings. The number of benzene rings is 3. The number of rotatable bonds is 6. The van der Waals surface area contributed by atoms with Gasteiger partial charge in [0.15, 0.2) is 0 Å². The fourth-order valence-corrected chi connectivity index (χ4v) is 3.96. The van der Waals surface area contributed by atoms with Crippen LogP contribution in [0, 0.1) is 6.92 Å². The Kier molecular flexibility index (Phi) is 6.85. The molecule has 3 aromatic carbocycles. The predicted molar refractivity (Wildman–Crippen MR) is 125 cm³/mol. The number of carbonyl (C=O) groups excluding carboxylic acids is 2. The monoisotopic (exact) mass is 428 g/mol. The summed E-state index contributed by atoms with van der Waals surface area (Å²) < 4.78 is 5.91. The first-order chi connectivity index (χ1) is 15.6. The van der Waals surface area contributed by atoms with E-state index in [1.807, 2.05) is 65.6 Å². The Morgan fingerprint density at radius 3 is 2.38 bits per heavy atom. The molecule has 1 fully saturated rings. The number of hydrogen-bond donors (Lipinski definition) is 1. The van der Waals surface area contributed by atoms with Crippen LogP contribution in [0.5, 0.6) is 5.75 Å². The van der Waals surface area contributed by atoms with Crippen LogP contribution < -0.4 is 10.1 Å². The molecule has 0 aromatic heterocycles. The van der Waals surface area contributed by atoms with Crippen molar-refractivity contribution in [2.24, 2.45) is 0 Å². The van der Waals surface area contributed by atoms with Crippen LogP contribution in [0.25, 0.3) is 0 Å². The smallest absolute Gasteiger partial charge is 0.253 e. The number of likely N-dealkylation sites (tertiary alicyclic amines) is 1. The van der Waals surface area contributed by atoms with Gasteiger partial charge in [0, 0.05) is 30.3 Å².